The van der Waals surface area contributed by atoms with E-state index in [9.17, 15) is 13.2 Å². The molecule has 3 rings (SSSR count). The van der Waals surface area contributed by atoms with E-state index in [4.69, 9.17) is 4.74 Å². The standard InChI is InChI=1S/C22H30N4O4S.2ClH/c1-23-19-8-4-15(5-9-19)22(27)25-14-18-12-16(6-10-20(18)30-2)17-7-11-21(24-13-17)26-31(3,28)29;;/h6-7,10-13,15,19,23H,4-5,8-9,14H2,1-3H3,(H,24,26)(H,25,27);2*1H. The average Bonchev–Trinajstić information content (AvgIpc) is 2.76. The van der Waals surface area contributed by atoms with Gasteiger partial charge in [-0.3, -0.25) is 9.52 Å². The fourth-order valence-corrected chi connectivity index (χ4v) is 4.38. The number of amides is 1. The van der Waals surface area contributed by atoms with Gasteiger partial charge in [-0.25, -0.2) is 13.4 Å². The second-order valence-corrected chi connectivity index (χ2v) is 9.64. The van der Waals surface area contributed by atoms with Crippen molar-refractivity contribution in [2.45, 2.75) is 38.3 Å². The highest BCUT2D eigenvalue weighted by Crippen LogP contribution is 2.28. The molecule has 11 heteroatoms. The number of sulfonamides is 1. The smallest absolute Gasteiger partial charge is 0.230 e. The Labute approximate surface area is 208 Å². The van der Waals surface area contributed by atoms with Crippen LogP contribution < -0.4 is 20.1 Å². The first-order chi connectivity index (χ1) is 14.8. The summed E-state index contributed by atoms with van der Waals surface area (Å²) < 4.78 is 30.5. The first kappa shape index (κ1) is 29.0. The van der Waals surface area contributed by atoms with Crippen LogP contribution in [0.1, 0.15) is 31.2 Å². The van der Waals surface area contributed by atoms with Gasteiger partial charge in [0.2, 0.25) is 15.9 Å². The van der Waals surface area contributed by atoms with Gasteiger partial charge >= 0.3 is 0 Å². The van der Waals surface area contributed by atoms with E-state index in [1.165, 1.54) is 0 Å². The molecule has 1 aromatic heterocycles. The predicted octanol–water partition coefficient (Wildman–Crippen LogP) is 3.37. The highest BCUT2D eigenvalue weighted by molar-refractivity contribution is 7.92. The number of ether oxygens (including phenoxy) is 1. The maximum atomic E-state index is 12.6. The Hall–Kier alpha value is -2.07. The minimum Gasteiger partial charge on any atom is -0.496 e. The Kier molecular flexibility index (Phi) is 11.4. The number of nitrogens with zero attached hydrogens (tertiary/aromatic N) is 1. The second kappa shape index (κ2) is 13.0. The van der Waals surface area contributed by atoms with Gasteiger partial charge in [0.05, 0.1) is 13.4 Å². The Morgan fingerprint density at radius 1 is 1.09 bits per heavy atom. The van der Waals surface area contributed by atoms with Crippen molar-refractivity contribution in [2.75, 3.05) is 25.1 Å². The van der Waals surface area contributed by atoms with Crippen molar-refractivity contribution in [3.8, 4) is 16.9 Å². The monoisotopic (exact) mass is 518 g/mol. The van der Waals surface area contributed by atoms with Gasteiger partial charge in [-0.1, -0.05) is 6.07 Å². The van der Waals surface area contributed by atoms with Crippen molar-refractivity contribution >= 4 is 46.6 Å². The van der Waals surface area contributed by atoms with Crippen LogP contribution in [0, 0.1) is 5.92 Å². The Morgan fingerprint density at radius 3 is 2.30 bits per heavy atom. The van der Waals surface area contributed by atoms with Crippen LogP contribution in [-0.2, 0) is 21.4 Å². The molecule has 0 bridgehead atoms. The number of anilines is 1. The molecule has 33 heavy (non-hydrogen) atoms. The van der Waals surface area contributed by atoms with Crippen molar-refractivity contribution in [2.24, 2.45) is 5.92 Å². The molecule has 3 N–H and O–H groups in total. The lowest BCUT2D eigenvalue weighted by Gasteiger charge is -2.27. The molecule has 1 saturated carbocycles. The summed E-state index contributed by atoms with van der Waals surface area (Å²) in [6.45, 7) is 0.378. The lowest BCUT2D eigenvalue weighted by Crippen LogP contribution is -2.37. The molecule has 8 nitrogen and oxygen atoms in total. The number of nitrogens with one attached hydrogen (secondary N) is 3. The molecule has 1 amide bonds. The van der Waals surface area contributed by atoms with Gasteiger partial charge in [-0.15, -0.1) is 24.8 Å². The van der Waals surface area contributed by atoms with E-state index in [1.54, 1.807) is 25.4 Å². The molecule has 1 fully saturated rings. The van der Waals surface area contributed by atoms with Crippen LogP contribution in [0.5, 0.6) is 5.75 Å². The number of rotatable bonds is 8. The molecule has 0 radical (unpaired) electrons. The minimum atomic E-state index is -3.37. The van der Waals surface area contributed by atoms with E-state index in [0.717, 1.165) is 48.6 Å². The summed E-state index contributed by atoms with van der Waals surface area (Å²) in [5.74, 6) is 1.10. The third-order valence-electron chi connectivity index (χ3n) is 5.63. The van der Waals surface area contributed by atoms with Crippen LogP contribution in [-0.4, -0.2) is 45.8 Å². The fraction of sp³-hybridized carbons (Fsp3) is 0.455. The number of halogens is 2. The lowest BCUT2D eigenvalue weighted by molar-refractivity contribution is -0.126. The van der Waals surface area contributed by atoms with Gasteiger partial charge in [-0.05, 0) is 62.6 Å². The van der Waals surface area contributed by atoms with Crippen LogP contribution in [0.25, 0.3) is 11.1 Å². The van der Waals surface area contributed by atoms with E-state index in [2.05, 4.69) is 20.3 Å². The minimum absolute atomic E-state index is 0. The zero-order valence-corrected chi connectivity index (χ0v) is 21.4. The van der Waals surface area contributed by atoms with E-state index in [0.29, 0.717) is 18.3 Å². The highest BCUT2D eigenvalue weighted by atomic mass is 35.5. The number of methoxy groups -OCH3 is 1. The topological polar surface area (TPSA) is 109 Å². The van der Waals surface area contributed by atoms with E-state index < -0.39 is 10.0 Å². The predicted molar refractivity (Wildman–Crippen MR) is 136 cm³/mol. The molecule has 1 heterocycles. The van der Waals surface area contributed by atoms with E-state index in [-0.39, 0.29) is 42.5 Å². The molecule has 0 atom stereocenters. The van der Waals surface area contributed by atoms with Crippen molar-refractivity contribution in [1.29, 1.82) is 0 Å². The van der Waals surface area contributed by atoms with E-state index >= 15 is 0 Å². The molecule has 0 unspecified atom stereocenters. The first-order valence-electron chi connectivity index (χ1n) is 10.3. The average molecular weight is 519 g/mol. The molecule has 2 aromatic rings. The molecule has 1 aliphatic rings. The molecular formula is C22H32Cl2N4O4S. The van der Waals surface area contributed by atoms with Crippen molar-refractivity contribution in [1.82, 2.24) is 15.6 Å². The number of hydrogen-bond acceptors (Lipinski definition) is 6. The van der Waals surface area contributed by atoms with Crippen LogP contribution in [0.3, 0.4) is 0 Å². The maximum absolute atomic E-state index is 12.6. The maximum Gasteiger partial charge on any atom is 0.230 e. The third kappa shape index (κ3) is 8.33. The van der Waals surface area contributed by atoms with Crippen molar-refractivity contribution < 1.29 is 17.9 Å². The van der Waals surface area contributed by atoms with Gasteiger partial charge in [0.15, 0.2) is 0 Å². The van der Waals surface area contributed by atoms with Gasteiger partial charge < -0.3 is 15.4 Å². The molecule has 0 aliphatic heterocycles. The highest BCUT2D eigenvalue weighted by Gasteiger charge is 2.25. The summed E-state index contributed by atoms with van der Waals surface area (Å²) in [7, 11) is 0.199. The number of aromatic nitrogens is 1. The normalized spacial score (nSPS) is 17.8. The molecule has 0 saturated heterocycles. The molecule has 184 valence electrons. The van der Waals surface area contributed by atoms with E-state index in [1.807, 2.05) is 25.2 Å². The molecule has 1 aromatic carbocycles. The second-order valence-electron chi connectivity index (χ2n) is 7.89. The summed E-state index contributed by atoms with van der Waals surface area (Å²) >= 11 is 0. The Bertz CT molecular complexity index is 1010. The Balaban J connectivity index is 0.00000272. The SMILES string of the molecule is CNC1CCC(C(=O)NCc2cc(-c3ccc(NS(C)(=O)=O)nc3)ccc2OC)CC1.Cl.Cl. The van der Waals surface area contributed by atoms with Gasteiger partial charge in [0.25, 0.3) is 0 Å². The quantitative estimate of drug-likeness (QED) is 0.494. The van der Waals surface area contributed by atoms with Gasteiger partial charge in [0.1, 0.15) is 11.6 Å². The summed E-state index contributed by atoms with van der Waals surface area (Å²) in [4.78, 5) is 16.8. The first-order valence-corrected chi connectivity index (χ1v) is 12.2. The summed E-state index contributed by atoms with van der Waals surface area (Å²) in [5, 5.41) is 6.34. The number of benzene rings is 1. The van der Waals surface area contributed by atoms with Crippen LogP contribution in [0.2, 0.25) is 0 Å². The molecule has 1 aliphatic carbocycles. The van der Waals surface area contributed by atoms with Gasteiger partial charge in [-0.2, -0.15) is 0 Å². The third-order valence-corrected chi connectivity index (χ3v) is 6.21. The molecular weight excluding hydrogens is 487 g/mol. The van der Waals surface area contributed by atoms with Crippen LogP contribution in [0.15, 0.2) is 36.5 Å². The van der Waals surface area contributed by atoms with Gasteiger partial charge in [0, 0.05) is 35.8 Å². The van der Waals surface area contributed by atoms with Crippen molar-refractivity contribution in [3.05, 3.63) is 42.1 Å². The van der Waals surface area contributed by atoms with Crippen LogP contribution >= 0.6 is 24.8 Å². The number of pyridine rings is 1. The number of carbonyl (C=O) groups excluding carboxylic acids is 1. The fourth-order valence-electron chi connectivity index (χ4n) is 3.88. The Morgan fingerprint density at radius 2 is 1.76 bits per heavy atom. The summed E-state index contributed by atoms with van der Waals surface area (Å²) in [5.41, 5.74) is 2.60. The summed E-state index contributed by atoms with van der Waals surface area (Å²) in [6, 6.07) is 9.64. The zero-order chi connectivity index (χ0) is 22.4. The number of carbonyl (C=O) groups is 1. The zero-order valence-electron chi connectivity index (χ0n) is 19.0. The number of hydrogen-bond donors (Lipinski definition) is 3. The molecule has 0 spiro atoms. The lowest BCUT2D eigenvalue weighted by atomic mass is 9.85. The van der Waals surface area contributed by atoms with Crippen LogP contribution in [0.4, 0.5) is 5.82 Å². The van der Waals surface area contributed by atoms with Crippen molar-refractivity contribution in [3.63, 3.8) is 0 Å². The largest absolute Gasteiger partial charge is 0.496 e. The summed E-state index contributed by atoms with van der Waals surface area (Å²) in [6.07, 6.45) is 6.52.